The third kappa shape index (κ3) is 2.86. The Kier molecular flexibility index (Phi) is 3.68. The van der Waals surface area contributed by atoms with Crippen LogP contribution in [0.1, 0.15) is 0 Å². The molecule has 22 heavy (non-hydrogen) atoms. The van der Waals surface area contributed by atoms with Gasteiger partial charge in [0.25, 0.3) is 5.75 Å². The van der Waals surface area contributed by atoms with Crippen LogP contribution in [0.25, 0.3) is 22.3 Å². The second kappa shape index (κ2) is 5.51. The minimum Gasteiger partial charge on any atom is -0.452 e. The molecule has 0 aliphatic heterocycles. The molecule has 0 saturated heterocycles. The lowest BCUT2D eigenvalue weighted by Gasteiger charge is -2.09. The molecule has 3 N–H and O–H groups in total. The van der Waals surface area contributed by atoms with E-state index in [4.69, 9.17) is 23.6 Å². The van der Waals surface area contributed by atoms with Gasteiger partial charge in [0.2, 0.25) is 5.43 Å². The van der Waals surface area contributed by atoms with Crippen molar-refractivity contribution in [3.8, 4) is 17.1 Å². The topological polar surface area (TPSA) is 100 Å². The van der Waals surface area contributed by atoms with E-state index in [1.165, 1.54) is 6.07 Å². The van der Waals surface area contributed by atoms with Crippen LogP contribution < -0.4 is 9.95 Å². The summed E-state index contributed by atoms with van der Waals surface area (Å²) in [5.74, 6) is -0.420. The Morgan fingerprint density at radius 2 is 1.55 bits per heavy atom. The molecular formula is C15H12O6P+. The van der Waals surface area contributed by atoms with Gasteiger partial charge in [-0.3, -0.25) is 9.32 Å². The zero-order chi connectivity index (χ0) is 15.7. The van der Waals surface area contributed by atoms with Crippen molar-refractivity contribution < 1.29 is 23.6 Å². The first-order chi connectivity index (χ1) is 10.5. The highest BCUT2D eigenvalue weighted by molar-refractivity contribution is 7.53. The first-order valence-electron chi connectivity index (χ1n) is 6.34. The highest BCUT2D eigenvalue weighted by atomic mass is 31.2. The Hall–Kier alpha value is -2.24. The highest BCUT2D eigenvalue weighted by Crippen LogP contribution is 2.47. The Balaban J connectivity index is 2.33. The predicted molar refractivity (Wildman–Crippen MR) is 82.1 cm³/mol. The van der Waals surface area contributed by atoms with Gasteiger partial charge in [0, 0.05) is 5.56 Å². The van der Waals surface area contributed by atoms with Crippen molar-refractivity contribution in [3.63, 3.8) is 0 Å². The number of para-hydroxylation sites is 1. The molecule has 7 heteroatoms. The predicted octanol–water partition coefficient (Wildman–Crippen LogP) is 2.49. The molecule has 3 rings (SSSR count). The Morgan fingerprint density at radius 3 is 2.23 bits per heavy atom. The van der Waals surface area contributed by atoms with Crippen LogP contribution in [-0.2, 0) is 0 Å². The van der Waals surface area contributed by atoms with Crippen LogP contribution in [0, 0.1) is 0 Å². The Morgan fingerprint density at radius 1 is 0.909 bits per heavy atom. The van der Waals surface area contributed by atoms with Gasteiger partial charge in [0.15, 0.2) is 5.76 Å². The molecule has 0 unspecified atom stereocenters. The van der Waals surface area contributed by atoms with Gasteiger partial charge in [-0.2, -0.15) is 14.7 Å². The molecule has 0 atom stereocenters. The number of fused-ring (bicyclic) bond motifs is 1. The fourth-order valence-electron chi connectivity index (χ4n) is 2.11. The summed E-state index contributed by atoms with van der Waals surface area (Å²) in [5, 5.41) is 0.214. The molecule has 0 aliphatic rings. The summed E-state index contributed by atoms with van der Waals surface area (Å²) in [6.07, 6.45) is 0. The lowest BCUT2D eigenvalue weighted by atomic mass is 10.1. The zero-order valence-electron chi connectivity index (χ0n) is 11.2. The van der Waals surface area contributed by atoms with Crippen molar-refractivity contribution >= 4 is 19.1 Å². The first-order valence-corrected chi connectivity index (χ1v) is 7.90. The maximum atomic E-state index is 12.5. The molecule has 6 nitrogen and oxygen atoms in total. The molecular weight excluding hydrogens is 307 g/mol. The van der Waals surface area contributed by atoms with Gasteiger partial charge >= 0.3 is 8.17 Å². The van der Waals surface area contributed by atoms with Crippen LogP contribution in [0.15, 0.2) is 63.8 Å². The van der Waals surface area contributed by atoms with Crippen molar-refractivity contribution in [1.82, 2.24) is 0 Å². The molecule has 112 valence electrons. The lowest BCUT2D eigenvalue weighted by Crippen LogP contribution is -2.11. The molecule has 0 fully saturated rings. The van der Waals surface area contributed by atoms with E-state index in [1.807, 2.05) is 0 Å². The fraction of sp³-hybridized carbons (Fsp3) is 0. The summed E-state index contributed by atoms with van der Waals surface area (Å²) < 4.78 is 10.4. The van der Waals surface area contributed by atoms with Crippen LogP contribution in [0.2, 0.25) is 0 Å². The van der Waals surface area contributed by atoms with Crippen molar-refractivity contribution in [2.75, 3.05) is 0 Å². The van der Waals surface area contributed by atoms with E-state index in [0.717, 1.165) is 0 Å². The molecule has 0 aliphatic carbocycles. The molecule has 1 aromatic heterocycles. The number of rotatable bonds is 3. The van der Waals surface area contributed by atoms with E-state index >= 15 is 0 Å². The van der Waals surface area contributed by atoms with Gasteiger partial charge < -0.3 is 4.42 Å². The van der Waals surface area contributed by atoms with Gasteiger partial charge in [0.1, 0.15) is 5.58 Å². The zero-order valence-corrected chi connectivity index (χ0v) is 12.1. The van der Waals surface area contributed by atoms with Crippen LogP contribution in [0.3, 0.4) is 0 Å². The average Bonchev–Trinajstić information content (AvgIpc) is 2.50. The number of benzene rings is 2. The molecule has 2 aromatic carbocycles. The smallest absolute Gasteiger partial charge is 0.452 e. The molecule has 0 amide bonds. The molecule has 3 aromatic rings. The van der Waals surface area contributed by atoms with Gasteiger partial charge in [-0.05, 0) is 12.1 Å². The minimum absolute atomic E-state index is 0.0193. The van der Waals surface area contributed by atoms with Crippen molar-refractivity contribution in [1.29, 1.82) is 0 Å². The van der Waals surface area contributed by atoms with Crippen LogP contribution in [0.5, 0.6) is 5.75 Å². The third-order valence-corrected chi connectivity index (χ3v) is 3.43. The highest BCUT2D eigenvalue weighted by Gasteiger charge is 2.38. The van der Waals surface area contributed by atoms with Crippen molar-refractivity contribution in [2.45, 2.75) is 0 Å². The largest absolute Gasteiger partial charge is 0.614 e. The summed E-state index contributed by atoms with van der Waals surface area (Å²) >= 11 is 0. The van der Waals surface area contributed by atoms with Gasteiger partial charge in [-0.1, -0.05) is 42.5 Å². The van der Waals surface area contributed by atoms with E-state index in [0.29, 0.717) is 11.1 Å². The van der Waals surface area contributed by atoms with Crippen molar-refractivity contribution in [3.05, 3.63) is 64.8 Å². The minimum atomic E-state index is -4.65. The summed E-state index contributed by atoms with van der Waals surface area (Å²) in [4.78, 5) is 40.0. The molecule has 0 bridgehead atoms. The van der Waals surface area contributed by atoms with Crippen LogP contribution in [-0.4, -0.2) is 14.7 Å². The number of hydrogen-bond acceptors (Lipinski definition) is 6. The maximum absolute atomic E-state index is 12.5. The second-order valence-electron chi connectivity index (χ2n) is 4.56. The fourth-order valence-corrected chi connectivity index (χ4v) is 2.52. The summed E-state index contributed by atoms with van der Waals surface area (Å²) in [5.41, 5.74) is 0.243. The SMILES string of the molecule is O=c1c(O[P+](O)(O)O)c(-c2ccccc2)oc2ccccc12. The Labute approximate surface area is 125 Å². The molecule has 0 saturated carbocycles. The number of hydrogen-bond donors (Lipinski definition) is 3. The molecule has 0 spiro atoms. The van der Waals surface area contributed by atoms with Crippen molar-refractivity contribution in [2.24, 2.45) is 0 Å². The monoisotopic (exact) mass is 319 g/mol. The van der Waals surface area contributed by atoms with E-state index in [9.17, 15) is 4.79 Å². The van der Waals surface area contributed by atoms with Gasteiger partial charge in [0.05, 0.1) is 5.39 Å². The van der Waals surface area contributed by atoms with Gasteiger partial charge in [-0.25, -0.2) is 0 Å². The molecule has 1 heterocycles. The third-order valence-electron chi connectivity index (χ3n) is 3.01. The molecule has 0 radical (unpaired) electrons. The van der Waals surface area contributed by atoms with Crippen LogP contribution >= 0.6 is 8.17 Å². The first kappa shape index (κ1) is 14.7. The quantitative estimate of drug-likeness (QED) is 0.641. The second-order valence-corrected chi connectivity index (χ2v) is 5.77. The lowest BCUT2D eigenvalue weighted by molar-refractivity contribution is 0.236. The van der Waals surface area contributed by atoms with Gasteiger partial charge in [-0.15, -0.1) is 0 Å². The van der Waals surface area contributed by atoms with E-state index in [2.05, 4.69) is 0 Å². The summed E-state index contributed by atoms with van der Waals surface area (Å²) in [6, 6.07) is 15.1. The van der Waals surface area contributed by atoms with E-state index in [1.54, 1.807) is 48.5 Å². The summed E-state index contributed by atoms with van der Waals surface area (Å²) in [7, 11) is -4.65. The van der Waals surface area contributed by atoms with Crippen LogP contribution in [0.4, 0.5) is 0 Å². The van der Waals surface area contributed by atoms with E-state index < -0.39 is 19.3 Å². The summed E-state index contributed by atoms with van der Waals surface area (Å²) in [6.45, 7) is 0. The normalized spacial score (nSPS) is 11.6. The standard InChI is InChI=1S/C15H12O6P/c16-13-11-8-4-5-9-12(11)20-14(10-6-2-1-3-7-10)15(13)21-22(17,18)19/h1-9,17-19H/q+1. The average molecular weight is 319 g/mol. The maximum Gasteiger partial charge on any atom is 0.614 e. The van der Waals surface area contributed by atoms with E-state index in [-0.39, 0.29) is 11.1 Å². The Bertz CT molecular complexity index is 867.